The summed E-state index contributed by atoms with van der Waals surface area (Å²) in [6.07, 6.45) is 1.67. The molecule has 0 amide bonds. The summed E-state index contributed by atoms with van der Waals surface area (Å²) in [5.41, 5.74) is -0.384. The summed E-state index contributed by atoms with van der Waals surface area (Å²) in [6.45, 7) is 0. The third kappa shape index (κ3) is 1.96. The molecule has 0 radical (unpaired) electrons. The largest absolute Gasteiger partial charge is 0.478 e. The van der Waals surface area contributed by atoms with Gasteiger partial charge in [-0.15, -0.1) is 0 Å². The maximum absolute atomic E-state index is 11.2. The van der Waals surface area contributed by atoms with Gasteiger partial charge in [-0.05, 0) is 11.5 Å². The van der Waals surface area contributed by atoms with Gasteiger partial charge in [-0.25, -0.2) is 13.2 Å². The molecule has 0 atom stereocenters. The quantitative estimate of drug-likeness (QED) is 0.775. The van der Waals surface area contributed by atoms with E-state index in [4.69, 9.17) is 5.11 Å². The molecule has 1 rings (SSSR count). The molecule has 1 aromatic heterocycles. The Morgan fingerprint density at radius 3 is 2.50 bits per heavy atom. The van der Waals surface area contributed by atoms with Crippen LogP contribution in [-0.4, -0.2) is 35.2 Å². The number of carbonyl (C=O) groups is 2. The van der Waals surface area contributed by atoms with E-state index in [9.17, 15) is 18.0 Å². The predicted octanol–water partition coefficient (Wildman–Crippen LogP) is 0.0261. The van der Waals surface area contributed by atoms with E-state index < -0.39 is 20.9 Å². The normalized spacial score (nSPS) is 11.2. The number of carboxylic acid groups (broad SMARTS) is 1. The number of sulfone groups is 1. The predicted molar refractivity (Wildman–Crippen MR) is 48.2 cm³/mol. The van der Waals surface area contributed by atoms with Crippen LogP contribution in [0, 0.1) is 0 Å². The summed E-state index contributed by atoms with van der Waals surface area (Å²) in [4.78, 5) is 21.3. The van der Waals surface area contributed by atoms with E-state index in [1.54, 1.807) is 0 Å². The van der Waals surface area contributed by atoms with Crippen LogP contribution in [0.1, 0.15) is 20.0 Å². The summed E-state index contributed by atoms with van der Waals surface area (Å²) < 4.78 is 25.1. The van der Waals surface area contributed by atoms with Crippen LogP contribution in [-0.2, 0) is 9.84 Å². The Kier molecular flexibility index (Phi) is 2.67. The molecule has 14 heavy (non-hydrogen) atoms. The molecule has 1 aromatic rings. The van der Waals surface area contributed by atoms with E-state index in [-0.39, 0.29) is 10.4 Å². The van der Waals surface area contributed by atoms with Crippen molar-refractivity contribution in [1.29, 1.82) is 0 Å². The summed E-state index contributed by atoms with van der Waals surface area (Å²) >= 11 is 0.553. The van der Waals surface area contributed by atoms with E-state index in [2.05, 4.69) is 4.37 Å². The van der Waals surface area contributed by atoms with E-state index in [1.165, 1.54) is 0 Å². The third-order valence-electron chi connectivity index (χ3n) is 1.32. The third-order valence-corrected chi connectivity index (χ3v) is 3.13. The molecule has 0 spiro atoms. The number of nitrogens with zero attached hydrogens (tertiary/aromatic N) is 1. The van der Waals surface area contributed by atoms with Crippen molar-refractivity contribution in [3.63, 3.8) is 0 Å². The molecule has 0 unspecified atom stereocenters. The van der Waals surface area contributed by atoms with E-state index in [0.717, 1.165) is 12.5 Å². The average Bonchev–Trinajstić information content (AvgIpc) is 2.48. The van der Waals surface area contributed by atoms with Gasteiger partial charge in [0.15, 0.2) is 0 Å². The lowest BCUT2D eigenvalue weighted by molar-refractivity contribution is 0.0694. The first-order valence-corrected chi connectivity index (χ1v) is 5.93. The number of aromatic nitrogens is 1. The van der Waals surface area contributed by atoms with Gasteiger partial charge in [0.05, 0.1) is 6.20 Å². The second-order valence-corrected chi connectivity index (χ2v) is 5.15. The highest BCUT2D eigenvalue weighted by Gasteiger charge is 2.26. The molecule has 8 heteroatoms. The Morgan fingerprint density at radius 1 is 1.50 bits per heavy atom. The average molecular weight is 235 g/mol. The topological polar surface area (TPSA) is 101 Å². The molecule has 0 saturated carbocycles. The van der Waals surface area contributed by atoms with Crippen molar-refractivity contribution in [2.45, 2.75) is 0 Å². The molecule has 0 aliphatic rings. The fourth-order valence-corrected chi connectivity index (χ4v) is 2.30. The summed E-state index contributed by atoms with van der Waals surface area (Å²) in [5.74, 6) is -1.37. The van der Waals surface area contributed by atoms with Crippen molar-refractivity contribution in [2.75, 3.05) is 6.26 Å². The minimum atomic E-state index is -3.91. The SMILES string of the molecule is CS(=O)(=O)C(=O)c1sncc1C(=O)O. The monoisotopic (exact) mass is 235 g/mol. The van der Waals surface area contributed by atoms with Crippen LogP contribution in [0.2, 0.25) is 0 Å². The van der Waals surface area contributed by atoms with E-state index >= 15 is 0 Å². The highest BCUT2D eigenvalue weighted by atomic mass is 32.2. The zero-order valence-electron chi connectivity index (χ0n) is 6.92. The van der Waals surface area contributed by atoms with Gasteiger partial charge in [-0.3, -0.25) is 4.79 Å². The van der Waals surface area contributed by atoms with Crippen molar-refractivity contribution < 1.29 is 23.1 Å². The molecule has 0 aliphatic heterocycles. The Hall–Kier alpha value is -1.28. The zero-order valence-corrected chi connectivity index (χ0v) is 8.55. The number of aromatic carboxylic acids is 1. The second-order valence-electron chi connectivity index (χ2n) is 2.43. The number of rotatable bonds is 2. The lowest BCUT2D eigenvalue weighted by Gasteiger charge is -1.94. The first-order chi connectivity index (χ1) is 6.34. The van der Waals surface area contributed by atoms with Crippen molar-refractivity contribution in [3.8, 4) is 0 Å². The Bertz CT molecular complexity index is 486. The Morgan fingerprint density at radius 2 is 2.07 bits per heavy atom. The molecule has 1 N–H and O–H groups in total. The van der Waals surface area contributed by atoms with Crippen LogP contribution in [0.4, 0.5) is 0 Å². The fraction of sp³-hybridized carbons (Fsp3) is 0.167. The van der Waals surface area contributed by atoms with Crippen LogP contribution < -0.4 is 0 Å². The van der Waals surface area contributed by atoms with Crippen molar-refractivity contribution >= 4 is 32.5 Å². The number of hydrogen-bond acceptors (Lipinski definition) is 6. The van der Waals surface area contributed by atoms with Crippen LogP contribution in [0.3, 0.4) is 0 Å². The van der Waals surface area contributed by atoms with Gasteiger partial charge in [0.1, 0.15) is 10.4 Å². The Balaban J connectivity index is 3.28. The van der Waals surface area contributed by atoms with Crippen LogP contribution >= 0.6 is 11.5 Å². The van der Waals surface area contributed by atoms with Gasteiger partial charge >= 0.3 is 5.97 Å². The molecule has 0 aromatic carbocycles. The smallest absolute Gasteiger partial charge is 0.338 e. The van der Waals surface area contributed by atoms with Gasteiger partial charge in [0.25, 0.3) is 5.12 Å². The summed E-state index contributed by atoms with van der Waals surface area (Å²) in [6, 6.07) is 0. The highest BCUT2D eigenvalue weighted by molar-refractivity contribution is 8.06. The van der Waals surface area contributed by atoms with Gasteiger partial charge in [-0.1, -0.05) is 0 Å². The molecule has 6 nitrogen and oxygen atoms in total. The lowest BCUT2D eigenvalue weighted by atomic mass is 10.3. The first kappa shape index (κ1) is 10.8. The van der Waals surface area contributed by atoms with Gasteiger partial charge in [-0.2, -0.15) is 4.37 Å². The maximum Gasteiger partial charge on any atom is 0.338 e. The molecule has 1 heterocycles. The molecule has 76 valence electrons. The maximum atomic E-state index is 11.2. The number of hydrogen-bond donors (Lipinski definition) is 1. The van der Waals surface area contributed by atoms with E-state index in [0.29, 0.717) is 11.5 Å². The minimum Gasteiger partial charge on any atom is -0.478 e. The van der Waals surface area contributed by atoms with Crippen LogP contribution in [0.5, 0.6) is 0 Å². The van der Waals surface area contributed by atoms with Crippen LogP contribution in [0.25, 0.3) is 0 Å². The van der Waals surface area contributed by atoms with Gasteiger partial charge < -0.3 is 5.11 Å². The summed E-state index contributed by atoms with van der Waals surface area (Å²) in [5, 5.41) is 7.38. The molecule has 0 aliphatic carbocycles. The second kappa shape index (κ2) is 3.46. The lowest BCUT2D eigenvalue weighted by Crippen LogP contribution is -2.14. The summed E-state index contributed by atoms with van der Waals surface area (Å²) in [7, 11) is -3.91. The van der Waals surface area contributed by atoms with Crippen molar-refractivity contribution in [3.05, 3.63) is 16.6 Å². The highest BCUT2D eigenvalue weighted by Crippen LogP contribution is 2.16. The minimum absolute atomic E-state index is 0.361. The fourth-order valence-electron chi connectivity index (χ4n) is 0.708. The van der Waals surface area contributed by atoms with Crippen molar-refractivity contribution in [1.82, 2.24) is 4.37 Å². The first-order valence-electron chi connectivity index (χ1n) is 3.26. The molecular weight excluding hydrogens is 230 g/mol. The molecular formula is C6H5NO5S2. The van der Waals surface area contributed by atoms with Crippen molar-refractivity contribution in [2.24, 2.45) is 0 Å². The van der Waals surface area contributed by atoms with Crippen LogP contribution in [0.15, 0.2) is 6.20 Å². The molecule has 0 bridgehead atoms. The van der Waals surface area contributed by atoms with E-state index in [1.807, 2.05) is 0 Å². The zero-order chi connectivity index (χ0) is 10.9. The number of carbonyl (C=O) groups excluding carboxylic acids is 1. The standard InChI is InChI=1S/C6H5NO5S2/c1-14(11,12)6(10)4-3(5(8)9)2-7-13-4/h2H,1H3,(H,8,9). The molecule has 0 saturated heterocycles. The van der Waals surface area contributed by atoms with Gasteiger partial charge in [0.2, 0.25) is 9.84 Å². The molecule has 0 fully saturated rings. The van der Waals surface area contributed by atoms with Gasteiger partial charge in [0, 0.05) is 6.26 Å². The Labute approximate surface area is 83.3 Å². The number of carboxylic acids is 1.